The number of aromatic nitrogens is 2. The number of carbonyl (C=O) groups excluding carboxylic acids is 2. The third-order valence-corrected chi connectivity index (χ3v) is 12.2. The Hall–Kier alpha value is -4.29. The number of rotatable bonds is 13. The average molecular weight is 766 g/mol. The fourth-order valence-corrected chi connectivity index (χ4v) is 8.23. The van der Waals surface area contributed by atoms with Gasteiger partial charge in [0.2, 0.25) is 5.91 Å². The Morgan fingerprint density at radius 2 is 1.62 bits per heavy atom. The van der Waals surface area contributed by atoms with Gasteiger partial charge in [0.1, 0.15) is 18.4 Å². The van der Waals surface area contributed by atoms with Gasteiger partial charge in [-0.15, -0.1) is 0 Å². The number of benzene rings is 3. The van der Waals surface area contributed by atoms with Crippen molar-refractivity contribution in [3.05, 3.63) is 94.8 Å². The van der Waals surface area contributed by atoms with Crippen molar-refractivity contribution < 1.29 is 23.8 Å². The SMILES string of the molecule is Cc1nn(COCC[Si](C)(C)C)c(C)c1-c1ccc(NC(=O)[C@@H](NC(=O)OC(C)(C)C)[C@@H]2CCc3ccc(-c4ccc(CN5CCOCC5)cc4)cc32)cc1. The molecular formula is C44H59N5O5Si. The standard InChI is InChI=1S/C44H59N5O5Si/c1-30-40(31(2)49(47-30)29-53-25-26-55(6,7)8)35-15-18-37(19-16-35)45-42(50)41(46-43(51)54-44(3,4)5)38-20-17-34-13-14-36(27-39(34)38)33-11-9-32(10-12-33)28-48-21-23-52-24-22-48/h9-16,18-19,27,38,41H,17,20-26,28-29H2,1-8H3,(H,45,50)(H,46,51)/t38-,41+/m1/s1. The Kier molecular flexibility index (Phi) is 12.7. The first-order valence-electron chi connectivity index (χ1n) is 19.7. The van der Waals surface area contributed by atoms with E-state index in [1.807, 2.05) is 56.6 Å². The Morgan fingerprint density at radius 1 is 0.945 bits per heavy atom. The van der Waals surface area contributed by atoms with Crippen molar-refractivity contribution in [2.24, 2.45) is 0 Å². The lowest BCUT2D eigenvalue weighted by molar-refractivity contribution is -0.118. The molecule has 3 aromatic carbocycles. The van der Waals surface area contributed by atoms with E-state index in [4.69, 9.17) is 19.3 Å². The second-order valence-electron chi connectivity index (χ2n) is 17.2. The molecule has 1 aliphatic heterocycles. The number of hydrogen-bond donors (Lipinski definition) is 2. The summed E-state index contributed by atoms with van der Waals surface area (Å²) in [6, 6.07) is 23.3. The minimum atomic E-state index is -1.17. The maximum absolute atomic E-state index is 14.2. The molecule has 4 aromatic rings. The summed E-state index contributed by atoms with van der Waals surface area (Å²) in [6.45, 7) is 22.1. The van der Waals surface area contributed by atoms with Crippen LogP contribution in [0.1, 0.15) is 61.2 Å². The number of amides is 2. The summed E-state index contributed by atoms with van der Waals surface area (Å²) in [7, 11) is -1.17. The van der Waals surface area contributed by atoms with Crippen molar-refractivity contribution in [2.75, 3.05) is 38.2 Å². The predicted molar refractivity (Wildman–Crippen MR) is 222 cm³/mol. The number of nitrogens with one attached hydrogen (secondary N) is 2. The van der Waals surface area contributed by atoms with Crippen molar-refractivity contribution in [3.63, 3.8) is 0 Å². The van der Waals surface area contributed by atoms with Gasteiger partial charge >= 0.3 is 6.09 Å². The first kappa shape index (κ1) is 40.4. The van der Waals surface area contributed by atoms with Gasteiger partial charge in [0.25, 0.3) is 0 Å². The van der Waals surface area contributed by atoms with Crippen LogP contribution in [0.5, 0.6) is 0 Å². The monoisotopic (exact) mass is 765 g/mol. The molecule has 2 aliphatic rings. The number of hydrogen-bond acceptors (Lipinski definition) is 7. The molecule has 10 nitrogen and oxygen atoms in total. The van der Waals surface area contributed by atoms with Gasteiger partial charge in [-0.1, -0.05) is 74.2 Å². The largest absolute Gasteiger partial charge is 0.444 e. The van der Waals surface area contributed by atoms with Crippen LogP contribution in [0.3, 0.4) is 0 Å². The van der Waals surface area contributed by atoms with Crippen molar-refractivity contribution in [3.8, 4) is 22.3 Å². The van der Waals surface area contributed by atoms with Crippen molar-refractivity contribution in [1.82, 2.24) is 20.0 Å². The van der Waals surface area contributed by atoms with Crippen LogP contribution >= 0.6 is 0 Å². The van der Waals surface area contributed by atoms with E-state index in [1.165, 1.54) is 11.1 Å². The normalized spacial score (nSPS) is 16.8. The van der Waals surface area contributed by atoms with Gasteiger partial charge in [0.15, 0.2) is 0 Å². The van der Waals surface area contributed by atoms with Gasteiger partial charge < -0.3 is 24.8 Å². The van der Waals surface area contributed by atoms with E-state index < -0.39 is 25.8 Å². The molecule has 6 rings (SSSR count). The zero-order valence-electron chi connectivity index (χ0n) is 34.0. The van der Waals surface area contributed by atoms with E-state index in [9.17, 15) is 9.59 Å². The van der Waals surface area contributed by atoms with Crippen LogP contribution in [-0.2, 0) is 38.7 Å². The minimum Gasteiger partial charge on any atom is -0.444 e. The van der Waals surface area contributed by atoms with Crippen LogP contribution < -0.4 is 10.6 Å². The Morgan fingerprint density at radius 3 is 2.29 bits per heavy atom. The number of nitrogens with zero attached hydrogens (tertiary/aromatic N) is 3. The lowest BCUT2D eigenvalue weighted by Crippen LogP contribution is -2.48. The average Bonchev–Trinajstić information content (AvgIpc) is 3.67. The first-order chi connectivity index (χ1) is 26.1. The number of anilines is 1. The van der Waals surface area contributed by atoms with Crippen LogP contribution in [0.15, 0.2) is 66.7 Å². The molecule has 1 aliphatic carbocycles. The molecule has 0 spiro atoms. The lowest BCUT2D eigenvalue weighted by atomic mass is 9.90. The highest BCUT2D eigenvalue weighted by Crippen LogP contribution is 2.39. The van der Waals surface area contributed by atoms with E-state index in [0.29, 0.717) is 12.4 Å². The molecule has 0 unspecified atom stereocenters. The molecule has 0 bridgehead atoms. The number of carbonyl (C=O) groups is 2. The third-order valence-electron chi connectivity index (χ3n) is 10.5. The molecule has 1 aromatic heterocycles. The highest BCUT2D eigenvalue weighted by Gasteiger charge is 2.37. The van der Waals surface area contributed by atoms with Gasteiger partial charge in [-0.2, -0.15) is 5.10 Å². The van der Waals surface area contributed by atoms with Gasteiger partial charge in [-0.05, 0) is 99.0 Å². The molecule has 0 radical (unpaired) electrons. The maximum Gasteiger partial charge on any atom is 0.408 e. The summed E-state index contributed by atoms with van der Waals surface area (Å²) in [5.41, 5.74) is 9.71. The third kappa shape index (κ3) is 10.7. The Labute approximate surface area is 327 Å². The van der Waals surface area contributed by atoms with E-state index in [0.717, 1.165) is 97.5 Å². The van der Waals surface area contributed by atoms with Crippen LogP contribution in [0.2, 0.25) is 25.7 Å². The second kappa shape index (κ2) is 17.2. The molecule has 55 heavy (non-hydrogen) atoms. The van der Waals surface area contributed by atoms with Crippen LogP contribution in [0.25, 0.3) is 22.3 Å². The minimum absolute atomic E-state index is 0.230. The highest BCUT2D eigenvalue weighted by atomic mass is 28.3. The predicted octanol–water partition coefficient (Wildman–Crippen LogP) is 8.54. The van der Waals surface area contributed by atoms with Gasteiger partial charge in [-0.25, -0.2) is 9.48 Å². The summed E-state index contributed by atoms with van der Waals surface area (Å²) in [5.74, 6) is -0.517. The van der Waals surface area contributed by atoms with Crippen LogP contribution in [-0.4, -0.2) is 79.3 Å². The summed E-state index contributed by atoms with van der Waals surface area (Å²) in [4.78, 5) is 29.8. The maximum atomic E-state index is 14.2. The summed E-state index contributed by atoms with van der Waals surface area (Å²) in [5, 5.41) is 10.8. The number of morpholine rings is 1. The molecular weight excluding hydrogens is 707 g/mol. The Bertz CT molecular complexity index is 1940. The second-order valence-corrected chi connectivity index (χ2v) is 22.8. The number of alkyl carbamates (subject to hydrolysis) is 1. The van der Waals surface area contributed by atoms with Crippen molar-refractivity contribution in [1.29, 1.82) is 0 Å². The zero-order chi connectivity index (χ0) is 39.3. The quantitative estimate of drug-likeness (QED) is 0.104. The molecule has 2 N–H and O–H groups in total. The summed E-state index contributed by atoms with van der Waals surface area (Å²) in [6.07, 6.45) is 0.938. The van der Waals surface area contributed by atoms with Crippen molar-refractivity contribution >= 4 is 25.8 Å². The summed E-state index contributed by atoms with van der Waals surface area (Å²) < 4.78 is 19.1. The molecule has 294 valence electrons. The zero-order valence-corrected chi connectivity index (χ0v) is 35.0. The lowest BCUT2D eigenvalue weighted by Gasteiger charge is -2.27. The number of ether oxygens (including phenoxy) is 3. The van der Waals surface area contributed by atoms with Crippen LogP contribution in [0, 0.1) is 13.8 Å². The smallest absolute Gasteiger partial charge is 0.408 e. The molecule has 0 saturated carbocycles. The summed E-state index contributed by atoms with van der Waals surface area (Å²) >= 11 is 0. The molecule has 11 heteroatoms. The Balaban J connectivity index is 1.18. The molecule has 2 atom stereocenters. The van der Waals surface area contributed by atoms with E-state index in [1.54, 1.807) is 0 Å². The van der Waals surface area contributed by atoms with E-state index in [2.05, 4.69) is 84.6 Å². The van der Waals surface area contributed by atoms with Crippen molar-refractivity contribution in [2.45, 2.75) is 104 Å². The highest BCUT2D eigenvalue weighted by molar-refractivity contribution is 6.76. The van der Waals surface area contributed by atoms with Gasteiger partial charge in [-0.3, -0.25) is 9.69 Å². The number of fused-ring (bicyclic) bond motifs is 1. The molecule has 2 heterocycles. The van der Waals surface area contributed by atoms with E-state index >= 15 is 0 Å². The fraction of sp³-hybridized carbons (Fsp3) is 0.477. The van der Waals surface area contributed by atoms with E-state index in [-0.39, 0.29) is 11.8 Å². The molecule has 2 amide bonds. The topological polar surface area (TPSA) is 107 Å². The van der Waals surface area contributed by atoms with Gasteiger partial charge in [0.05, 0.1) is 18.9 Å². The molecule has 1 fully saturated rings. The number of aryl methyl sites for hydroxylation is 2. The van der Waals surface area contributed by atoms with Crippen LogP contribution in [0.4, 0.5) is 10.5 Å². The van der Waals surface area contributed by atoms with Gasteiger partial charge in [0, 0.05) is 57.2 Å². The molecule has 1 saturated heterocycles. The fourth-order valence-electron chi connectivity index (χ4n) is 7.47. The first-order valence-corrected chi connectivity index (χ1v) is 23.4.